The van der Waals surface area contributed by atoms with Crippen LogP contribution in [0.4, 0.5) is 4.39 Å². The first kappa shape index (κ1) is 18.5. The van der Waals surface area contributed by atoms with Gasteiger partial charge in [0.1, 0.15) is 6.10 Å². The molecule has 1 N–H and O–H groups in total. The Morgan fingerprint density at radius 3 is 2.96 bits per heavy atom. The summed E-state index contributed by atoms with van der Waals surface area (Å²) < 4.78 is 24.5. The normalized spacial score (nSPS) is 19.4. The molecule has 0 aliphatic carbocycles. The molecule has 1 saturated heterocycles. The molecule has 134 valence electrons. The standard InChI is InChI=1S/C18H28FN3O2/c1-4-20-18(22-10-9-15(12-22)13-23-3)21-11-14(2)24-17-8-6-5-7-16(17)19/h5-8,14-15H,4,9-13H2,1-3H3,(H,20,21). The highest BCUT2D eigenvalue weighted by atomic mass is 19.1. The maximum Gasteiger partial charge on any atom is 0.194 e. The van der Waals surface area contributed by atoms with Crippen molar-refractivity contribution < 1.29 is 13.9 Å². The molecule has 24 heavy (non-hydrogen) atoms. The number of nitrogens with one attached hydrogen (secondary N) is 1. The van der Waals surface area contributed by atoms with Gasteiger partial charge in [-0.05, 0) is 32.4 Å². The molecular formula is C18H28FN3O2. The number of guanidine groups is 1. The van der Waals surface area contributed by atoms with E-state index in [0.29, 0.717) is 12.5 Å². The number of aliphatic imine (C=N–C) groups is 1. The minimum Gasteiger partial charge on any atom is -0.486 e. The topological polar surface area (TPSA) is 46.1 Å². The molecule has 1 aromatic carbocycles. The summed E-state index contributed by atoms with van der Waals surface area (Å²) in [4.78, 5) is 6.91. The SMILES string of the molecule is CCNC(=NCC(C)Oc1ccccc1F)N1CCC(COC)C1. The molecule has 5 nitrogen and oxygen atoms in total. The highest BCUT2D eigenvalue weighted by molar-refractivity contribution is 5.80. The summed E-state index contributed by atoms with van der Waals surface area (Å²) in [5.41, 5.74) is 0. The first-order chi connectivity index (χ1) is 11.6. The number of para-hydroxylation sites is 1. The van der Waals surface area contributed by atoms with Gasteiger partial charge in [-0.3, -0.25) is 0 Å². The van der Waals surface area contributed by atoms with Crippen LogP contribution in [-0.2, 0) is 4.74 Å². The fourth-order valence-electron chi connectivity index (χ4n) is 2.83. The highest BCUT2D eigenvalue weighted by Gasteiger charge is 2.24. The highest BCUT2D eigenvalue weighted by Crippen LogP contribution is 2.18. The summed E-state index contributed by atoms with van der Waals surface area (Å²) in [5, 5.41) is 3.32. The van der Waals surface area contributed by atoms with E-state index in [-0.39, 0.29) is 17.7 Å². The summed E-state index contributed by atoms with van der Waals surface area (Å²) in [6, 6.07) is 6.45. The quantitative estimate of drug-likeness (QED) is 0.613. The molecule has 1 heterocycles. The molecule has 0 saturated carbocycles. The van der Waals surface area contributed by atoms with E-state index in [1.54, 1.807) is 25.3 Å². The molecule has 1 aliphatic rings. The Balaban J connectivity index is 1.92. The molecule has 2 atom stereocenters. The number of methoxy groups -OCH3 is 1. The summed E-state index contributed by atoms with van der Waals surface area (Å²) in [6.45, 7) is 7.94. The molecule has 6 heteroatoms. The second kappa shape index (κ2) is 9.47. The van der Waals surface area contributed by atoms with E-state index in [2.05, 4.69) is 22.1 Å². The number of nitrogens with zero attached hydrogens (tertiary/aromatic N) is 2. The zero-order chi connectivity index (χ0) is 17.4. The number of ether oxygens (including phenoxy) is 2. The lowest BCUT2D eigenvalue weighted by Crippen LogP contribution is -2.41. The molecule has 2 unspecified atom stereocenters. The summed E-state index contributed by atoms with van der Waals surface area (Å²) in [7, 11) is 1.74. The van der Waals surface area contributed by atoms with Crippen LogP contribution < -0.4 is 10.1 Å². The van der Waals surface area contributed by atoms with Crippen molar-refractivity contribution in [1.29, 1.82) is 0 Å². The maximum atomic E-state index is 13.6. The third-order valence-corrected chi connectivity index (χ3v) is 3.99. The number of benzene rings is 1. The third-order valence-electron chi connectivity index (χ3n) is 3.99. The zero-order valence-electron chi connectivity index (χ0n) is 14.8. The predicted octanol–water partition coefficient (Wildman–Crippen LogP) is 2.53. The van der Waals surface area contributed by atoms with Crippen molar-refractivity contribution in [3.63, 3.8) is 0 Å². The zero-order valence-corrected chi connectivity index (χ0v) is 14.8. The van der Waals surface area contributed by atoms with E-state index < -0.39 is 0 Å². The van der Waals surface area contributed by atoms with E-state index in [4.69, 9.17) is 9.47 Å². The third kappa shape index (κ3) is 5.37. The lowest BCUT2D eigenvalue weighted by Gasteiger charge is -2.22. The van der Waals surface area contributed by atoms with Crippen molar-refractivity contribution in [2.24, 2.45) is 10.9 Å². The van der Waals surface area contributed by atoms with Crippen LogP contribution in [0.5, 0.6) is 5.75 Å². The fourth-order valence-corrected chi connectivity index (χ4v) is 2.83. The van der Waals surface area contributed by atoms with Crippen molar-refractivity contribution in [3.8, 4) is 5.75 Å². The number of hydrogen-bond acceptors (Lipinski definition) is 3. The fraction of sp³-hybridized carbons (Fsp3) is 0.611. The van der Waals surface area contributed by atoms with Gasteiger partial charge in [0.2, 0.25) is 0 Å². The lowest BCUT2D eigenvalue weighted by molar-refractivity contribution is 0.157. The Morgan fingerprint density at radius 2 is 2.25 bits per heavy atom. The van der Waals surface area contributed by atoms with Crippen LogP contribution in [0.25, 0.3) is 0 Å². The van der Waals surface area contributed by atoms with Crippen LogP contribution in [0.1, 0.15) is 20.3 Å². The van der Waals surface area contributed by atoms with Gasteiger partial charge in [0.25, 0.3) is 0 Å². The molecule has 1 aromatic rings. The van der Waals surface area contributed by atoms with E-state index in [9.17, 15) is 4.39 Å². The lowest BCUT2D eigenvalue weighted by atomic mass is 10.1. The number of halogens is 1. The second-order valence-electron chi connectivity index (χ2n) is 6.11. The Bertz CT molecular complexity index is 539. The average molecular weight is 337 g/mol. The molecule has 1 fully saturated rings. The first-order valence-corrected chi connectivity index (χ1v) is 8.57. The first-order valence-electron chi connectivity index (χ1n) is 8.57. The second-order valence-corrected chi connectivity index (χ2v) is 6.11. The summed E-state index contributed by atoms with van der Waals surface area (Å²) in [6.07, 6.45) is 0.910. The van der Waals surface area contributed by atoms with Crippen molar-refractivity contribution in [2.75, 3.05) is 39.9 Å². The van der Waals surface area contributed by atoms with E-state index in [0.717, 1.165) is 38.6 Å². The molecule has 1 aliphatic heterocycles. The van der Waals surface area contributed by atoms with Gasteiger partial charge in [0, 0.05) is 32.7 Å². The monoisotopic (exact) mass is 337 g/mol. The van der Waals surface area contributed by atoms with Gasteiger partial charge in [-0.25, -0.2) is 9.38 Å². The molecule has 0 spiro atoms. The van der Waals surface area contributed by atoms with Gasteiger partial charge >= 0.3 is 0 Å². The predicted molar refractivity (Wildman–Crippen MR) is 94.0 cm³/mol. The van der Waals surface area contributed by atoms with Crippen LogP contribution in [-0.4, -0.2) is 56.9 Å². The van der Waals surface area contributed by atoms with E-state index in [1.807, 2.05) is 6.92 Å². The van der Waals surface area contributed by atoms with Crippen LogP contribution in [0.2, 0.25) is 0 Å². The molecule has 0 bridgehead atoms. The number of hydrogen-bond donors (Lipinski definition) is 1. The van der Waals surface area contributed by atoms with Crippen molar-refractivity contribution in [3.05, 3.63) is 30.1 Å². The van der Waals surface area contributed by atoms with Crippen LogP contribution in [0, 0.1) is 11.7 Å². The van der Waals surface area contributed by atoms with Crippen LogP contribution in [0.3, 0.4) is 0 Å². The summed E-state index contributed by atoms with van der Waals surface area (Å²) >= 11 is 0. The minimum atomic E-state index is -0.345. The van der Waals surface area contributed by atoms with Gasteiger partial charge < -0.3 is 19.7 Å². The molecule has 0 amide bonds. The van der Waals surface area contributed by atoms with Gasteiger partial charge in [-0.1, -0.05) is 12.1 Å². The Kier molecular flexibility index (Phi) is 7.31. The van der Waals surface area contributed by atoms with E-state index >= 15 is 0 Å². The number of likely N-dealkylation sites (tertiary alicyclic amines) is 1. The van der Waals surface area contributed by atoms with E-state index in [1.165, 1.54) is 6.07 Å². The Morgan fingerprint density at radius 1 is 1.46 bits per heavy atom. The van der Waals surface area contributed by atoms with Gasteiger partial charge in [0.05, 0.1) is 13.2 Å². The maximum absolute atomic E-state index is 13.6. The van der Waals surface area contributed by atoms with Crippen molar-refractivity contribution in [2.45, 2.75) is 26.4 Å². The molecular weight excluding hydrogens is 309 g/mol. The van der Waals surface area contributed by atoms with Crippen LogP contribution in [0.15, 0.2) is 29.3 Å². The number of rotatable bonds is 7. The smallest absolute Gasteiger partial charge is 0.194 e. The van der Waals surface area contributed by atoms with Gasteiger partial charge in [-0.2, -0.15) is 0 Å². The van der Waals surface area contributed by atoms with Crippen LogP contribution >= 0.6 is 0 Å². The largest absolute Gasteiger partial charge is 0.486 e. The van der Waals surface area contributed by atoms with Crippen molar-refractivity contribution >= 4 is 5.96 Å². The van der Waals surface area contributed by atoms with Gasteiger partial charge in [-0.15, -0.1) is 0 Å². The van der Waals surface area contributed by atoms with Crippen molar-refractivity contribution in [1.82, 2.24) is 10.2 Å². The average Bonchev–Trinajstić information content (AvgIpc) is 3.02. The molecule has 0 aromatic heterocycles. The Labute approximate surface area is 143 Å². The molecule has 2 rings (SSSR count). The Hall–Kier alpha value is -1.82. The molecule has 0 radical (unpaired) electrons. The van der Waals surface area contributed by atoms with Gasteiger partial charge in [0.15, 0.2) is 17.5 Å². The summed E-state index contributed by atoms with van der Waals surface area (Å²) in [5.74, 6) is 1.36. The minimum absolute atomic E-state index is 0.201.